The number of hydrogen-bond donors (Lipinski definition) is 0. The Kier molecular flexibility index (Phi) is 17.1. The summed E-state index contributed by atoms with van der Waals surface area (Å²) in [7, 11) is 0. The average Bonchev–Trinajstić information content (AvgIpc) is 1.57. The molecule has 560 valence electrons. The summed E-state index contributed by atoms with van der Waals surface area (Å²) in [5, 5.41) is 14.9. The summed E-state index contributed by atoms with van der Waals surface area (Å²) in [5.41, 5.74) is 22.1. The molecule has 0 aliphatic rings. The fraction of sp³-hybridized carbons (Fsp3) is 0. The van der Waals surface area contributed by atoms with Crippen LogP contribution in [0.5, 0.6) is 0 Å². The van der Waals surface area contributed by atoms with Gasteiger partial charge in [-0.2, -0.15) is 0 Å². The zero-order chi connectivity index (χ0) is 79.1. The summed E-state index contributed by atoms with van der Waals surface area (Å²) >= 11 is 3.70. The molecule has 0 saturated carbocycles. The molecule has 0 unspecified atom stereocenters. The molecule has 6 heterocycles. The van der Waals surface area contributed by atoms with Crippen LogP contribution in [-0.4, -0.2) is 39.0 Å². The molecular formula is C110H68N8S2. The first kappa shape index (κ1) is 70.0. The number of thiophene rings is 2. The normalized spacial score (nSPS) is 11.7. The highest BCUT2D eigenvalue weighted by Crippen LogP contribution is 2.48. The first-order valence-electron chi connectivity index (χ1n) is 40.4. The molecule has 8 nitrogen and oxygen atoms in total. The van der Waals surface area contributed by atoms with E-state index in [1.807, 2.05) is 144 Å². The van der Waals surface area contributed by atoms with Crippen molar-refractivity contribution < 1.29 is 0 Å². The number of aromatic nitrogens is 8. The van der Waals surface area contributed by atoms with Gasteiger partial charge in [0.1, 0.15) is 0 Å². The maximum absolute atomic E-state index is 5.09. The van der Waals surface area contributed by atoms with Crippen LogP contribution in [0.1, 0.15) is 0 Å². The second-order valence-electron chi connectivity index (χ2n) is 30.4. The van der Waals surface area contributed by atoms with Crippen LogP contribution in [0, 0.1) is 0 Å². The van der Waals surface area contributed by atoms with Gasteiger partial charge in [0.15, 0.2) is 34.9 Å². The van der Waals surface area contributed by atoms with Gasteiger partial charge in [-0.05, 0) is 122 Å². The van der Waals surface area contributed by atoms with Crippen molar-refractivity contribution in [3.05, 3.63) is 413 Å². The van der Waals surface area contributed by atoms with Crippen LogP contribution >= 0.6 is 22.7 Å². The van der Waals surface area contributed by atoms with Crippen molar-refractivity contribution in [2.24, 2.45) is 0 Å². The second kappa shape index (κ2) is 29.4. The van der Waals surface area contributed by atoms with E-state index in [0.717, 1.165) is 55.9 Å². The van der Waals surface area contributed by atoms with E-state index >= 15 is 0 Å². The van der Waals surface area contributed by atoms with Crippen molar-refractivity contribution in [3.8, 4) is 124 Å². The molecule has 0 aliphatic heterocycles. The number of benzene rings is 18. The van der Waals surface area contributed by atoms with Gasteiger partial charge in [-0.1, -0.05) is 346 Å². The lowest BCUT2D eigenvalue weighted by Crippen LogP contribution is -2.00. The average molecular weight is 1570 g/mol. The molecule has 0 fully saturated rings. The van der Waals surface area contributed by atoms with E-state index in [9.17, 15) is 0 Å². The molecule has 0 spiro atoms. The zero-order valence-corrected chi connectivity index (χ0v) is 66.3. The molecule has 0 aliphatic carbocycles. The van der Waals surface area contributed by atoms with Crippen molar-refractivity contribution in [3.63, 3.8) is 0 Å². The largest absolute Gasteiger partial charge is 0.309 e. The van der Waals surface area contributed by atoms with Crippen LogP contribution in [0.15, 0.2) is 413 Å². The lowest BCUT2D eigenvalue weighted by atomic mass is 9.97. The van der Waals surface area contributed by atoms with Gasteiger partial charge in [-0.15, -0.1) is 22.7 Å². The predicted octanol–water partition coefficient (Wildman–Crippen LogP) is 29.6. The Labute approximate surface area is 698 Å². The molecule has 24 rings (SSSR count). The topological polar surface area (TPSA) is 87.2 Å². The number of rotatable bonds is 12. The van der Waals surface area contributed by atoms with Gasteiger partial charge in [0, 0.05) is 118 Å². The molecule has 0 amide bonds. The van der Waals surface area contributed by atoms with Gasteiger partial charge in [-0.3, -0.25) is 0 Å². The van der Waals surface area contributed by atoms with Crippen LogP contribution in [0.3, 0.4) is 0 Å². The van der Waals surface area contributed by atoms with Crippen molar-refractivity contribution in [2.45, 2.75) is 0 Å². The number of nitrogens with zero attached hydrogens (tertiary/aromatic N) is 8. The van der Waals surface area contributed by atoms with E-state index in [1.165, 1.54) is 139 Å². The molecule has 18 aromatic carbocycles. The van der Waals surface area contributed by atoms with Crippen molar-refractivity contribution >= 4 is 128 Å². The fourth-order valence-corrected chi connectivity index (χ4v) is 20.0. The molecule has 120 heavy (non-hydrogen) atoms. The molecule has 24 aromatic rings. The van der Waals surface area contributed by atoms with Gasteiger partial charge in [0.25, 0.3) is 0 Å². The predicted molar refractivity (Wildman–Crippen MR) is 503 cm³/mol. The number of fused-ring (bicyclic) bond motifs is 14. The molecule has 0 N–H and O–H groups in total. The van der Waals surface area contributed by atoms with Crippen LogP contribution in [0.25, 0.3) is 230 Å². The third-order valence-corrected chi connectivity index (χ3v) is 25.7. The van der Waals surface area contributed by atoms with Gasteiger partial charge in [0.05, 0.1) is 22.1 Å². The van der Waals surface area contributed by atoms with E-state index in [2.05, 4.69) is 300 Å². The summed E-state index contributed by atoms with van der Waals surface area (Å²) in [4.78, 5) is 30.1. The Morgan fingerprint density at radius 3 is 0.892 bits per heavy atom. The Bertz CT molecular complexity index is 8030. The van der Waals surface area contributed by atoms with Crippen molar-refractivity contribution in [1.29, 1.82) is 0 Å². The van der Waals surface area contributed by atoms with E-state index in [4.69, 9.17) is 29.9 Å². The lowest BCUT2D eigenvalue weighted by molar-refractivity contribution is 1.07. The minimum atomic E-state index is 0.636. The van der Waals surface area contributed by atoms with E-state index in [1.54, 1.807) is 0 Å². The molecule has 0 radical (unpaired) electrons. The first-order chi connectivity index (χ1) is 59.5. The fourth-order valence-electron chi connectivity index (χ4n) is 17.6. The SMILES string of the molecule is c1ccc(-c2nc(-c3ccccc3)nc(-c3ccc(-c4cc(-n5c6ccccc6c6ccc(-c7cccc8ccccc78)cc65)cc5c4sc4ccccc45)cc3)n2)cc1.c1ccc(-c2nc(-c3ccccc3)nc(-c3cccc(-c4cc(-n5c6ccccc6c6ccc(-c7cccc8ccccc78)cc65)cc5c4sc4ccccc45)c3)n2)cc1. The van der Waals surface area contributed by atoms with Crippen LogP contribution in [0.2, 0.25) is 0 Å². The van der Waals surface area contributed by atoms with E-state index in [-0.39, 0.29) is 0 Å². The van der Waals surface area contributed by atoms with Crippen molar-refractivity contribution in [1.82, 2.24) is 39.0 Å². The summed E-state index contributed by atoms with van der Waals surface area (Å²) in [6, 6.07) is 147. The first-order valence-corrected chi connectivity index (χ1v) is 42.0. The summed E-state index contributed by atoms with van der Waals surface area (Å²) < 4.78 is 9.98. The minimum absolute atomic E-state index is 0.636. The van der Waals surface area contributed by atoms with Gasteiger partial charge in [-0.25, -0.2) is 29.9 Å². The molecule has 0 atom stereocenters. The Balaban J connectivity index is 0.000000140. The molecule has 0 saturated heterocycles. The van der Waals surface area contributed by atoms with Crippen LogP contribution in [0.4, 0.5) is 0 Å². The Morgan fingerprint density at radius 1 is 0.167 bits per heavy atom. The third kappa shape index (κ3) is 12.4. The van der Waals surface area contributed by atoms with E-state index < -0.39 is 0 Å². The highest BCUT2D eigenvalue weighted by Gasteiger charge is 2.24. The summed E-state index contributed by atoms with van der Waals surface area (Å²) in [5.74, 6) is 3.87. The second-order valence-corrected chi connectivity index (χ2v) is 32.5. The lowest BCUT2D eigenvalue weighted by Gasteiger charge is -2.14. The molecule has 10 heteroatoms. The van der Waals surface area contributed by atoms with Crippen LogP contribution < -0.4 is 0 Å². The molecule has 0 bridgehead atoms. The Morgan fingerprint density at radius 2 is 0.458 bits per heavy atom. The van der Waals surface area contributed by atoms with Gasteiger partial charge in [0.2, 0.25) is 0 Å². The Hall–Kier alpha value is -15.5. The standard InChI is InChI=1S/2C55H34N4S/c1-3-16-36(17-4-1)53-56-54(37-18-5-2-6-19-37)58-55(57-53)40-22-13-21-38(31-40)47-33-41(34-48-46-25-10-12-28-51(46)60-52(47)48)59-49-27-11-9-24-44(49)45-30-29-39(32-50(45)59)43-26-14-20-35-15-7-8-23-42(35)43;1-3-15-37(16-4-1)53-56-54(38-17-5-2-6-18-38)58-55(57-53)39-28-26-36(27-29-39)47-33-41(34-48-46-22-10-12-25-51(46)60-52(47)48)59-49-24-11-9-21-44(49)45-31-30-40(32-50(45)59)43-23-13-19-35-14-7-8-20-42(35)43/h2*1-34H. The molecular weight excluding hydrogens is 1500 g/mol. The summed E-state index contributed by atoms with van der Waals surface area (Å²) in [6.07, 6.45) is 0. The number of para-hydroxylation sites is 2. The van der Waals surface area contributed by atoms with Crippen LogP contribution in [-0.2, 0) is 0 Å². The quantitative estimate of drug-likeness (QED) is 0.121. The smallest absolute Gasteiger partial charge is 0.164 e. The van der Waals surface area contributed by atoms with Gasteiger partial charge < -0.3 is 9.13 Å². The number of hydrogen-bond acceptors (Lipinski definition) is 8. The maximum atomic E-state index is 5.09. The van der Waals surface area contributed by atoms with Gasteiger partial charge >= 0.3 is 0 Å². The van der Waals surface area contributed by atoms with E-state index in [0.29, 0.717) is 34.9 Å². The van der Waals surface area contributed by atoms with Crippen molar-refractivity contribution in [2.75, 3.05) is 0 Å². The third-order valence-electron chi connectivity index (χ3n) is 23.3. The highest BCUT2D eigenvalue weighted by molar-refractivity contribution is 7.26. The summed E-state index contributed by atoms with van der Waals surface area (Å²) in [6.45, 7) is 0. The highest BCUT2D eigenvalue weighted by atomic mass is 32.1. The maximum Gasteiger partial charge on any atom is 0.164 e. The minimum Gasteiger partial charge on any atom is -0.309 e. The monoisotopic (exact) mass is 1560 g/mol. The molecule has 6 aromatic heterocycles. The zero-order valence-electron chi connectivity index (χ0n) is 64.7.